The fourth-order valence-corrected chi connectivity index (χ4v) is 0.827. The number of rotatable bonds is 4. The Kier molecular flexibility index (Phi) is 5.39. The molecule has 0 amide bonds. The average Bonchev–Trinajstić information content (AvgIpc) is 2.09. The summed E-state index contributed by atoms with van der Waals surface area (Å²) in [5, 5.41) is 0. The Morgan fingerprint density at radius 2 is 1.80 bits per heavy atom. The van der Waals surface area contributed by atoms with Gasteiger partial charge in [-0.3, -0.25) is 0 Å². The first-order chi connectivity index (χ1) is 6.90. The second kappa shape index (κ2) is 6.02. The summed E-state index contributed by atoms with van der Waals surface area (Å²) in [7, 11) is 0. The molecule has 0 saturated carbocycles. The molecule has 82 valence electrons. The zero-order valence-corrected chi connectivity index (χ0v) is 9.62. The summed E-state index contributed by atoms with van der Waals surface area (Å²) >= 11 is 0. The van der Waals surface area contributed by atoms with E-state index in [1.807, 2.05) is 20.8 Å². The van der Waals surface area contributed by atoms with Crippen molar-refractivity contribution in [3.05, 3.63) is 49.1 Å². The number of carbonyl (C=O) groups is 1. The largest absolute Gasteiger partial charge is 0.456 e. The van der Waals surface area contributed by atoms with Gasteiger partial charge >= 0.3 is 5.97 Å². The van der Waals surface area contributed by atoms with Gasteiger partial charge in [0.05, 0.1) is 5.57 Å². The maximum Gasteiger partial charge on any atom is 0.338 e. The summed E-state index contributed by atoms with van der Waals surface area (Å²) in [5.41, 5.74) is -0.0286. The van der Waals surface area contributed by atoms with Crippen LogP contribution in [0.4, 0.5) is 0 Å². The summed E-state index contributed by atoms with van der Waals surface area (Å²) < 4.78 is 5.21. The predicted octanol–water partition coefficient (Wildman–Crippen LogP) is 3.18. The fraction of sp³-hybridized carbons (Fsp3) is 0.308. The summed E-state index contributed by atoms with van der Waals surface area (Å²) in [6.45, 7) is 12.6. The number of ether oxygens (including phenoxy) is 1. The number of hydrogen-bond donors (Lipinski definition) is 0. The maximum absolute atomic E-state index is 11.6. The van der Waals surface area contributed by atoms with Crippen LogP contribution in [0.25, 0.3) is 0 Å². The van der Waals surface area contributed by atoms with Crippen LogP contribution in [0.3, 0.4) is 0 Å². The van der Waals surface area contributed by atoms with E-state index in [2.05, 4.69) is 13.2 Å². The Balaban J connectivity index is 4.72. The second-order valence-corrected chi connectivity index (χ2v) is 3.95. The van der Waals surface area contributed by atoms with Crippen LogP contribution in [0.5, 0.6) is 0 Å². The lowest BCUT2D eigenvalue weighted by Crippen LogP contribution is -2.24. The minimum absolute atomic E-state index is 0.361. The lowest BCUT2D eigenvalue weighted by molar-refractivity contribution is -0.149. The van der Waals surface area contributed by atoms with Gasteiger partial charge in [-0.15, -0.1) is 0 Å². The minimum atomic E-state index is -0.487. The van der Waals surface area contributed by atoms with Crippen molar-refractivity contribution in [1.82, 2.24) is 0 Å². The summed E-state index contributed by atoms with van der Waals surface area (Å²) in [6, 6.07) is 0. The van der Waals surface area contributed by atoms with E-state index >= 15 is 0 Å². The molecule has 0 aliphatic heterocycles. The van der Waals surface area contributed by atoms with E-state index in [-0.39, 0.29) is 5.97 Å². The Morgan fingerprint density at radius 1 is 1.20 bits per heavy atom. The van der Waals surface area contributed by atoms with Crippen LogP contribution in [0, 0.1) is 0 Å². The molecule has 0 atom stereocenters. The highest BCUT2D eigenvalue weighted by Crippen LogP contribution is 2.11. The van der Waals surface area contributed by atoms with Crippen molar-refractivity contribution in [2.45, 2.75) is 26.4 Å². The molecule has 15 heavy (non-hydrogen) atoms. The first-order valence-corrected chi connectivity index (χ1v) is 4.76. The Labute approximate surface area is 91.6 Å². The van der Waals surface area contributed by atoms with Crippen molar-refractivity contribution in [1.29, 1.82) is 0 Å². The molecule has 2 heteroatoms. The molecule has 0 aromatic carbocycles. The molecule has 0 rings (SSSR count). The van der Waals surface area contributed by atoms with Crippen molar-refractivity contribution in [3.8, 4) is 0 Å². The van der Waals surface area contributed by atoms with Crippen molar-refractivity contribution >= 4 is 5.97 Å². The molecule has 0 N–H and O–H groups in total. The molecule has 0 heterocycles. The number of carbonyl (C=O) groups excluding carboxylic acids is 1. The van der Waals surface area contributed by atoms with Gasteiger partial charge in [-0.05, 0) is 32.9 Å². The van der Waals surface area contributed by atoms with Gasteiger partial charge in [0.2, 0.25) is 0 Å². The average molecular weight is 206 g/mol. The summed E-state index contributed by atoms with van der Waals surface area (Å²) in [5.74, 6) is -0.361. The van der Waals surface area contributed by atoms with Crippen molar-refractivity contribution in [2.24, 2.45) is 0 Å². The molecular weight excluding hydrogens is 188 g/mol. The normalized spacial score (nSPS) is 12.6. The zero-order valence-electron chi connectivity index (χ0n) is 9.62. The van der Waals surface area contributed by atoms with Gasteiger partial charge < -0.3 is 4.74 Å². The van der Waals surface area contributed by atoms with E-state index in [0.29, 0.717) is 5.57 Å². The fourth-order valence-electron chi connectivity index (χ4n) is 0.827. The van der Waals surface area contributed by atoms with Gasteiger partial charge in [0, 0.05) is 0 Å². The summed E-state index contributed by atoms with van der Waals surface area (Å²) in [4.78, 5) is 11.6. The monoisotopic (exact) mass is 206 g/mol. The van der Waals surface area contributed by atoms with Crippen molar-refractivity contribution in [2.75, 3.05) is 0 Å². The van der Waals surface area contributed by atoms with Gasteiger partial charge in [0.15, 0.2) is 0 Å². The van der Waals surface area contributed by atoms with Crippen LogP contribution in [-0.4, -0.2) is 11.6 Å². The van der Waals surface area contributed by atoms with Gasteiger partial charge in [-0.25, -0.2) is 4.79 Å². The van der Waals surface area contributed by atoms with E-state index in [0.717, 1.165) is 0 Å². The van der Waals surface area contributed by atoms with E-state index in [4.69, 9.17) is 4.74 Å². The number of hydrogen-bond acceptors (Lipinski definition) is 2. The molecule has 0 fully saturated rings. The zero-order chi connectivity index (χ0) is 11.9. The second-order valence-electron chi connectivity index (χ2n) is 3.95. The third-order valence-corrected chi connectivity index (χ3v) is 1.34. The van der Waals surface area contributed by atoms with Crippen LogP contribution in [0.15, 0.2) is 49.1 Å². The van der Waals surface area contributed by atoms with Gasteiger partial charge in [-0.1, -0.05) is 31.4 Å². The first-order valence-electron chi connectivity index (χ1n) is 4.76. The van der Waals surface area contributed by atoms with Crippen LogP contribution in [-0.2, 0) is 9.53 Å². The highest BCUT2D eigenvalue weighted by Gasteiger charge is 2.17. The lowest BCUT2D eigenvalue weighted by atomic mass is 10.1. The van der Waals surface area contributed by atoms with Crippen LogP contribution < -0.4 is 0 Å². The van der Waals surface area contributed by atoms with Crippen LogP contribution >= 0.6 is 0 Å². The third kappa shape index (κ3) is 6.49. The maximum atomic E-state index is 11.6. The number of allylic oxidation sites excluding steroid dienone is 4. The Morgan fingerprint density at radius 3 is 2.20 bits per heavy atom. The lowest BCUT2D eigenvalue weighted by Gasteiger charge is -2.19. The Hall–Kier alpha value is -1.57. The molecule has 0 aromatic rings. The van der Waals surface area contributed by atoms with Gasteiger partial charge in [0.25, 0.3) is 0 Å². The van der Waals surface area contributed by atoms with Crippen LogP contribution in [0.2, 0.25) is 0 Å². The van der Waals surface area contributed by atoms with Crippen molar-refractivity contribution < 1.29 is 9.53 Å². The Bertz CT molecular complexity index is 301. The smallest absolute Gasteiger partial charge is 0.338 e. The molecule has 0 spiro atoms. The predicted molar refractivity (Wildman–Crippen MR) is 63.5 cm³/mol. The highest BCUT2D eigenvalue weighted by atomic mass is 16.6. The quantitative estimate of drug-likeness (QED) is 0.401. The van der Waals surface area contributed by atoms with E-state index in [1.165, 1.54) is 0 Å². The van der Waals surface area contributed by atoms with Crippen LogP contribution in [0.1, 0.15) is 20.8 Å². The molecule has 0 aromatic heterocycles. The molecule has 2 nitrogen and oxygen atoms in total. The molecule has 0 radical (unpaired) electrons. The first kappa shape index (κ1) is 13.4. The van der Waals surface area contributed by atoms with E-state index < -0.39 is 5.60 Å². The van der Waals surface area contributed by atoms with Gasteiger partial charge in [0.1, 0.15) is 5.60 Å². The molecule has 0 bridgehead atoms. The van der Waals surface area contributed by atoms with E-state index in [9.17, 15) is 4.79 Å². The molecular formula is C13H18O2. The number of esters is 1. The standard InChI is InChI=1S/C13H18O2/c1-6-8-10-11(9-7-2)12(14)15-13(3,4)5/h6-10H,1-2H2,3-5H3/b10-8-,11-9+. The van der Waals surface area contributed by atoms with E-state index in [1.54, 1.807) is 30.4 Å². The van der Waals surface area contributed by atoms with Gasteiger partial charge in [-0.2, -0.15) is 0 Å². The summed E-state index contributed by atoms with van der Waals surface area (Å²) in [6.07, 6.45) is 8.07. The third-order valence-electron chi connectivity index (χ3n) is 1.34. The SMILES string of the molecule is C=C/C=C\C(=C/C=C)C(=O)OC(C)(C)C. The molecule has 0 aliphatic rings. The molecule has 0 aliphatic carbocycles. The van der Waals surface area contributed by atoms with Crippen molar-refractivity contribution in [3.63, 3.8) is 0 Å². The molecule has 0 unspecified atom stereocenters. The minimum Gasteiger partial charge on any atom is -0.456 e. The topological polar surface area (TPSA) is 26.3 Å². The molecule has 0 saturated heterocycles. The highest BCUT2D eigenvalue weighted by molar-refractivity contribution is 5.92.